The van der Waals surface area contributed by atoms with Gasteiger partial charge in [-0.2, -0.15) is 0 Å². The van der Waals surface area contributed by atoms with Crippen LogP contribution in [0.1, 0.15) is 47.8 Å². The van der Waals surface area contributed by atoms with Crippen LogP contribution in [0.2, 0.25) is 0 Å². The summed E-state index contributed by atoms with van der Waals surface area (Å²) in [5.74, 6) is 0.297. The molecule has 1 aliphatic rings. The molecule has 0 radical (unpaired) electrons. The Morgan fingerprint density at radius 2 is 1.46 bits per heavy atom. The van der Waals surface area contributed by atoms with E-state index < -0.39 is 6.10 Å². The second kappa shape index (κ2) is 11.7. The van der Waals surface area contributed by atoms with Crippen molar-refractivity contribution < 1.29 is 14.3 Å². The SMILES string of the molecule is CC(=O)O[C@@H](CN(Cc1ccccc1)C1(C)Cc2ccccc2C1)c1ccc(OCc2ccccc2)c(N)c1. The summed E-state index contributed by atoms with van der Waals surface area (Å²) in [5, 5.41) is 0. The van der Waals surface area contributed by atoms with Crippen LogP contribution in [0.15, 0.2) is 103 Å². The second-order valence-electron chi connectivity index (χ2n) is 10.7. The lowest BCUT2D eigenvalue weighted by molar-refractivity contribution is -0.148. The molecule has 0 amide bonds. The molecule has 5 heteroatoms. The molecule has 0 spiro atoms. The third-order valence-corrected chi connectivity index (χ3v) is 7.58. The van der Waals surface area contributed by atoms with E-state index in [0.29, 0.717) is 24.6 Å². The van der Waals surface area contributed by atoms with E-state index in [1.54, 1.807) is 0 Å². The van der Waals surface area contributed by atoms with E-state index in [1.165, 1.54) is 23.6 Å². The monoisotopic (exact) mass is 520 g/mol. The highest BCUT2D eigenvalue weighted by Crippen LogP contribution is 2.37. The van der Waals surface area contributed by atoms with Gasteiger partial charge in [0.05, 0.1) is 5.69 Å². The number of nitrogen functional groups attached to an aromatic ring is 1. The summed E-state index contributed by atoms with van der Waals surface area (Å²) in [6.45, 7) is 5.50. The zero-order valence-corrected chi connectivity index (χ0v) is 22.7. The number of hydrogen-bond donors (Lipinski definition) is 1. The normalized spacial score (nSPS) is 14.5. The lowest BCUT2D eigenvalue weighted by Gasteiger charge is -2.40. The van der Waals surface area contributed by atoms with Crippen molar-refractivity contribution in [3.63, 3.8) is 0 Å². The van der Waals surface area contributed by atoms with Crippen LogP contribution in [0, 0.1) is 0 Å². The van der Waals surface area contributed by atoms with E-state index in [-0.39, 0.29) is 11.5 Å². The standard InChI is InChI=1S/C34H36N2O3/c1-25(37)39-33(28-17-18-32(31(35)19-28)38-24-27-13-7-4-8-14-27)23-36(22-26-11-5-3-6-12-26)34(2)20-29-15-9-10-16-30(29)21-34/h3-19,33H,20-24,35H2,1-2H3/t33-/m0/s1. The van der Waals surface area contributed by atoms with Crippen LogP contribution in [-0.2, 0) is 35.5 Å². The maximum atomic E-state index is 12.3. The van der Waals surface area contributed by atoms with Crippen molar-refractivity contribution in [2.24, 2.45) is 0 Å². The minimum atomic E-state index is -0.475. The molecule has 0 saturated heterocycles. The molecular formula is C34H36N2O3. The minimum absolute atomic E-state index is 0.123. The van der Waals surface area contributed by atoms with E-state index >= 15 is 0 Å². The molecule has 0 aliphatic heterocycles. The summed E-state index contributed by atoms with van der Waals surface area (Å²) in [4.78, 5) is 14.7. The Morgan fingerprint density at radius 1 is 0.872 bits per heavy atom. The molecule has 2 N–H and O–H groups in total. The smallest absolute Gasteiger partial charge is 0.303 e. The number of ether oxygens (including phenoxy) is 2. The van der Waals surface area contributed by atoms with Crippen molar-refractivity contribution in [2.45, 2.75) is 51.5 Å². The molecule has 0 unspecified atom stereocenters. The number of nitrogens with two attached hydrogens (primary N) is 1. The van der Waals surface area contributed by atoms with Crippen molar-refractivity contribution in [2.75, 3.05) is 12.3 Å². The van der Waals surface area contributed by atoms with Crippen LogP contribution in [0.25, 0.3) is 0 Å². The molecule has 4 aromatic carbocycles. The van der Waals surface area contributed by atoms with Crippen molar-refractivity contribution in [3.05, 3.63) is 131 Å². The third-order valence-electron chi connectivity index (χ3n) is 7.58. The Morgan fingerprint density at radius 3 is 2.05 bits per heavy atom. The molecular weight excluding hydrogens is 484 g/mol. The Hall–Kier alpha value is -4.09. The maximum Gasteiger partial charge on any atom is 0.303 e. The molecule has 1 atom stereocenters. The summed E-state index contributed by atoms with van der Waals surface area (Å²) in [7, 11) is 0. The van der Waals surface area contributed by atoms with Crippen LogP contribution in [-0.4, -0.2) is 23.0 Å². The van der Waals surface area contributed by atoms with Crippen molar-refractivity contribution in [3.8, 4) is 5.75 Å². The van der Waals surface area contributed by atoms with Crippen molar-refractivity contribution in [1.82, 2.24) is 4.90 Å². The van der Waals surface area contributed by atoms with Gasteiger partial charge in [0.2, 0.25) is 0 Å². The van der Waals surface area contributed by atoms with Gasteiger partial charge < -0.3 is 15.2 Å². The molecule has 0 bridgehead atoms. The fraction of sp³-hybridized carbons (Fsp3) is 0.265. The molecule has 1 aliphatic carbocycles. The van der Waals surface area contributed by atoms with Crippen LogP contribution >= 0.6 is 0 Å². The quantitative estimate of drug-likeness (QED) is 0.191. The van der Waals surface area contributed by atoms with Gasteiger partial charge in [-0.25, -0.2) is 0 Å². The molecule has 0 saturated carbocycles. The third kappa shape index (κ3) is 6.50. The van der Waals surface area contributed by atoms with Gasteiger partial charge in [-0.05, 0) is 59.7 Å². The Kier molecular flexibility index (Phi) is 7.99. The topological polar surface area (TPSA) is 64.8 Å². The summed E-state index contributed by atoms with van der Waals surface area (Å²) in [6.07, 6.45) is 1.41. The van der Waals surface area contributed by atoms with Gasteiger partial charge in [-0.1, -0.05) is 91.0 Å². The van der Waals surface area contributed by atoms with Gasteiger partial charge in [-0.3, -0.25) is 9.69 Å². The van der Waals surface area contributed by atoms with Gasteiger partial charge in [0.25, 0.3) is 0 Å². The summed E-state index contributed by atoms with van der Waals surface area (Å²) in [5.41, 5.74) is 12.7. The van der Waals surface area contributed by atoms with Gasteiger partial charge in [0.1, 0.15) is 18.5 Å². The van der Waals surface area contributed by atoms with E-state index in [1.807, 2.05) is 54.6 Å². The van der Waals surface area contributed by atoms with Gasteiger partial charge in [0.15, 0.2) is 0 Å². The van der Waals surface area contributed by atoms with Crippen LogP contribution in [0.3, 0.4) is 0 Å². The van der Waals surface area contributed by atoms with E-state index in [9.17, 15) is 4.79 Å². The van der Waals surface area contributed by atoms with Crippen LogP contribution in [0.5, 0.6) is 5.75 Å². The molecule has 200 valence electrons. The lowest BCUT2D eigenvalue weighted by Crippen LogP contribution is -2.48. The molecule has 0 heterocycles. The number of anilines is 1. The highest BCUT2D eigenvalue weighted by atomic mass is 16.5. The molecule has 39 heavy (non-hydrogen) atoms. The molecule has 5 nitrogen and oxygen atoms in total. The number of rotatable bonds is 10. The first-order valence-electron chi connectivity index (χ1n) is 13.5. The average molecular weight is 521 g/mol. The van der Waals surface area contributed by atoms with Crippen LogP contribution in [0.4, 0.5) is 5.69 Å². The van der Waals surface area contributed by atoms with Crippen molar-refractivity contribution >= 4 is 11.7 Å². The molecule has 0 aromatic heterocycles. The first-order chi connectivity index (χ1) is 18.9. The second-order valence-corrected chi connectivity index (χ2v) is 10.7. The number of benzene rings is 4. The van der Waals surface area contributed by atoms with Crippen LogP contribution < -0.4 is 10.5 Å². The number of esters is 1. The summed E-state index contributed by atoms with van der Waals surface area (Å²) >= 11 is 0. The largest absolute Gasteiger partial charge is 0.487 e. The van der Waals surface area contributed by atoms with E-state index in [2.05, 4.69) is 60.4 Å². The first-order valence-corrected chi connectivity index (χ1v) is 13.5. The van der Waals surface area contributed by atoms with Crippen molar-refractivity contribution in [1.29, 1.82) is 0 Å². The van der Waals surface area contributed by atoms with E-state index in [0.717, 1.165) is 30.5 Å². The summed E-state index contributed by atoms with van der Waals surface area (Å²) < 4.78 is 11.9. The number of carbonyl (C=O) groups excluding carboxylic acids is 1. The highest BCUT2D eigenvalue weighted by molar-refractivity contribution is 5.66. The zero-order valence-electron chi connectivity index (χ0n) is 22.7. The predicted molar refractivity (Wildman–Crippen MR) is 155 cm³/mol. The number of hydrogen-bond acceptors (Lipinski definition) is 5. The van der Waals surface area contributed by atoms with Gasteiger partial charge >= 0.3 is 5.97 Å². The fourth-order valence-corrected chi connectivity index (χ4v) is 5.53. The predicted octanol–water partition coefficient (Wildman–Crippen LogP) is 6.51. The highest BCUT2D eigenvalue weighted by Gasteiger charge is 2.39. The Labute approximate surface area is 231 Å². The van der Waals surface area contributed by atoms with Gasteiger partial charge in [-0.15, -0.1) is 0 Å². The Balaban J connectivity index is 1.40. The first kappa shape index (κ1) is 26.5. The average Bonchev–Trinajstić information content (AvgIpc) is 3.30. The lowest BCUT2D eigenvalue weighted by atomic mass is 9.93. The van der Waals surface area contributed by atoms with Gasteiger partial charge in [0, 0.05) is 25.6 Å². The Bertz CT molecular complexity index is 1380. The molecule has 4 aromatic rings. The molecule has 0 fully saturated rings. The number of fused-ring (bicyclic) bond motifs is 1. The number of carbonyl (C=O) groups is 1. The summed E-state index contributed by atoms with van der Waals surface area (Å²) in [6, 6.07) is 34.8. The minimum Gasteiger partial charge on any atom is -0.487 e. The molecule has 5 rings (SSSR count). The fourth-order valence-electron chi connectivity index (χ4n) is 5.53. The zero-order chi connectivity index (χ0) is 27.2. The maximum absolute atomic E-state index is 12.3. The number of nitrogens with zero attached hydrogens (tertiary/aromatic N) is 1. The van der Waals surface area contributed by atoms with E-state index in [4.69, 9.17) is 15.2 Å².